The van der Waals surface area contributed by atoms with Crippen LogP contribution in [0.4, 0.5) is 4.39 Å². The first-order valence-corrected chi connectivity index (χ1v) is 1.20. The molecule has 0 aliphatic heterocycles. The molecule has 0 N–H and O–H groups in total. The number of hydrogen-bond acceptors (Lipinski definition) is 0. The third-order valence-electron chi connectivity index (χ3n) is 0. The lowest BCUT2D eigenvalue weighted by molar-refractivity contribution is 0.427. The van der Waals surface area contributed by atoms with E-state index < -0.39 is 6.17 Å². The minimum Gasteiger partial charge on any atom is -0.248 e. The summed E-state index contributed by atoms with van der Waals surface area (Å²) in [7, 11) is 0. The highest BCUT2D eigenvalue weighted by Gasteiger charge is 1.74. The van der Waals surface area contributed by atoms with Crippen LogP contribution in [-0.2, 0) is 0 Å². The van der Waals surface area contributed by atoms with E-state index in [1.807, 2.05) is 0 Å². The first kappa shape index (κ1) is 3.93. The van der Waals surface area contributed by atoms with Crippen molar-refractivity contribution in [3.63, 3.8) is 0 Å². The van der Waals surface area contributed by atoms with Gasteiger partial charge in [-0.1, -0.05) is 0 Å². The molecule has 1 atom stereocenters. The molecule has 25 valence electrons. The summed E-state index contributed by atoms with van der Waals surface area (Å²) in [4.78, 5) is 0. The van der Waals surface area contributed by atoms with Crippen LogP contribution in [-0.4, -0.2) is 6.17 Å². The predicted octanol–water partition coefficient (Wildman–Crippen LogP) is 1.18. The normalized spacial score (nSPS) is 9.00. The van der Waals surface area contributed by atoms with Crippen LogP contribution in [0.25, 0.3) is 0 Å². The van der Waals surface area contributed by atoms with E-state index in [1.54, 1.807) is 0 Å². The topological polar surface area (TPSA) is 0 Å². The van der Waals surface area contributed by atoms with E-state index in [1.165, 1.54) is 6.92 Å². The van der Waals surface area contributed by atoms with Crippen molar-refractivity contribution in [1.82, 2.24) is 0 Å². The second-order valence-corrected chi connectivity index (χ2v) is 0.781. The van der Waals surface area contributed by atoms with Crippen molar-refractivity contribution in [3.8, 4) is 0 Å². The van der Waals surface area contributed by atoms with Crippen LogP contribution in [0.15, 0.2) is 0 Å². The Kier molecular flexibility index (Phi) is 1.25. The standard InChI is InChI=1S/C3H6F/c1-3(2)4/h3H,1H2,2H3/t3-/m0/s1. The van der Waals surface area contributed by atoms with Crippen molar-refractivity contribution in [3.05, 3.63) is 6.92 Å². The zero-order valence-corrected chi connectivity index (χ0v) is 2.66. The van der Waals surface area contributed by atoms with E-state index in [-0.39, 0.29) is 0 Å². The van der Waals surface area contributed by atoms with Gasteiger partial charge in [-0.05, 0) is 13.8 Å². The Labute approximate surface area is 25.6 Å². The van der Waals surface area contributed by atoms with Gasteiger partial charge >= 0.3 is 0 Å². The molecule has 0 aromatic heterocycles. The number of halogens is 1. The van der Waals surface area contributed by atoms with Crippen molar-refractivity contribution in [2.45, 2.75) is 13.1 Å². The fourth-order valence-electron chi connectivity index (χ4n) is 0. The van der Waals surface area contributed by atoms with Crippen LogP contribution >= 0.6 is 0 Å². The van der Waals surface area contributed by atoms with Gasteiger partial charge in [-0.25, -0.2) is 4.39 Å². The second kappa shape index (κ2) is 1.27. The van der Waals surface area contributed by atoms with E-state index in [0.717, 1.165) is 0 Å². The summed E-state index contributed by atoms with van der Waals surface area (Å²) >= 11 is 0. The molecule has 0 saturated carbocycles. The fourth-order valence-corrected chi connectivity index (χ4v) is 0. The van der Waals surface area contributed by atoms with Gasteiger partial charge in [0.25, 0.3) is 0 Å². The van der Waals surface area contributed by atoms with Gasteiger partial charge in [0.15, 0.2) is 0 Å². The van der Waals surface area contributed by atoms with Crippen molar-refractivity contribution < 1.29 is 4.39 Å². The molecule has 0 amide bonds. The van der Waals surface area contributed by atoms with Crippen LogP contribution < -0.4 is 0 Å². The highest BCUT2D eigenvalue weighted by Crippen LogP contribution is 1.76. The molecule has 0 heterocycles. The van der Waals surface area contributed by atoms with Crippen LogP contribution in [0.2, 0.25) is 0 Å². The van der Waals surface area contributed by atoms with E-state index in [2.05, 4.69) is 6.92 Å². The molecule has 0 saturated heterocycles. The summed E-state index contributed by atoms with van der Waals surface area (Å²) in [5.74, 6) is 0. The second-order valence-electron chi connectivity index (χ2n) is 0.781. The first-order chi connectivity index (χ1) is 1.73. The van der Waals surface area contributed by atoms with Crippen LogP contribution in [0, 0.1) is 6.92 Å². The Morgan fingerprint density at radius 2 is 2.00 bits per heavy atom. The molecule has 0 aromatic carbocycles. The minimum absolute atomic E-state index is 0.917. The van der Waals surface area contributed by atoms with E-state index >= 15 is 0 Å². The maximum Gasteiger partial charge on any atom is 0.0974 e. The smallest absolute Gasteiger partial charge is 0.0974 e. The molecule has 1 radical (unpaired) electrons. The quantitative estimate of drug-likeness (QED) is 0.394. The molecule has 0 unspecified atom stereocenters. The third-order valence-corrected chi connectivity index (χ3v) is 0. The highest BCUT2D eigenvalue weighted by atomic mass is 19.1. The lowest BCUT2D eigenvalue weighted by Crippen LogP contribution is -1.74. The summed E-state index contributed by atoms with van der Waals surface area (Å²) < 4.78 is 10.9. The molecule has 0 nitrogen and oxygen atoms in total. The Balaban J connectivity index is 2.32. The molecule has 0 rings (SSSR count). The zero-order valence-electron chi connectivity index (χ0n) is 2.66. The summed E-state index contributed by atoms with van der Waals surface area (Å²) in [5, 5.41) is 0. The molecule has 0 spiro atoms. The van der Waals surface area contributed by atoms with Crippen molar-refractivity contribution in [2.75, 3.05) is 0 Å². The summed E-state index contributed by atoms with van der Waals surface area (Å²) in [6.45, 7) is 4.36. The Bertz CT molecular complexity index is 8.00. The van der Waals surface area contributed by atoms with E-state index in [0.29, 0.717) is 0 Å². The lowest BCUT2D eigenvalue weighted by Gasteiger charge is -1.74. The average Bonchev–Trinajstić information content (AvgIpc) is 0.811. The van der Waals surface area contributed by atoms with Gasteiger partial charge < -0.3 is 0 Å². The van der Waals surface area contributed by atoms with Crippen molar-refractivity contribution >= 4 is 0 Å². The molecule has 0 bridgehead atoms. The summed E-state index contributed by atoms with van der Waals surface area (Å²) in [6, 6.07) is 0. The monoisotopic (exact) mass is 61.0 g/mol. The molecule has 0 aromatic rings. The van der Waals surface area contributed by atoms with Crippen LogP contribution in [0.3, 0.4) is 0 Å². The predicted molar refractivity (Wildman–Crippen MR) is 15.9 cm³/mol. The fraction of sp³-hybridized carbons (Fsp3) is 0.667. The van der Waals surface area contributed by atoms with Gasteiger partial charge in [0.05, 0.1) is 6.17 Å². The van der Waals surface area contributed by atoms with Gasteiger partial charge in [0.2, 0.25) is 0 Å². The summed E-state index contributed by atoms with van der Waals surface area (Å²) in [6.07, 6.45) is -0.917. The van der Waals surface area contributed by atoms with Gasteiger partial charge in [0.1, 0.15) is 0 Å². The van der Waals surface area contributed by atoms with Crippen molar-refractivity contribution in [1.29, 1.82) is 0 Å². The van der Waals surface area contributed by atoms with Crippen LogP contribution in [0.5, 0.6) is 0 Å². The maximum atomic E-state index is 10.9. The Morgan fingerprint density at radius 3 is 2.00 bits per heavy atom. The molecule has 1 heteroatoms. The molecule has 4 heavy (non-hydrogen) atoms. The highest BCUT2D eigenvalue weighted by molar-refractivity contribution is 4.41. The SMILES string of the molecule is [CH2][C@@H](C)F. The Hall–Kier alpha value is -0.0700. The number of alkyl halides is 1. The molecule has 0 fully saturated rings. The summed E-state index contributed by atoms with van der Waals surface area (Å²) in [5.41, 5.74) is 0. The van der Waals surface area contributed by atoms with Crippen molar-refractivity contribution in [2.24, 2.45) is 0 Å². The van der Waals surface area contributed by atoms with Gasteiger partial charge in [-0.3, -0.25) is 0 Å². The maximum absolute atomic E-state index is 10.9. The average molecular weight is 61.1 g/mol. The van der Waals surface area contributed by atoms with Gasteiger partial charge in [-0.15, -0.1) is 0 Å². The number of hydrogen-bond donors (Lipinski definition) is 0. The lowest BCUT2D eigenvalue weighted by atomic mass is 10.5. The minimum atomic E-state index is -0.917. The Morgan fingerprint density at radius 1 is 2.00 bits per heavy atom. The van der Waals surface area contributed by atoms with Gasteiger partial charge in [-0.2, -0.15) is 0 Å². The zero-order chi connectivity index (χ0) is 3.58. The third kappa shape index (κ3) is 341. The molecular weight excluding hydrogens is 55.0 g/mol. The van der Waals surface area contributed by atoms with E-state index in [4.69, 9.17) is 0 Å². The van der Waals surface area contributed by atoms with Gasteiger partial charge in [0, 0.05) is 0 Å². The number of rotatable bonds is 0. The molecule has 0 aliphatic rings. The van der Waals surface area contributed by atoms with E-state index in [9.17, 15) is 4.39 Å². The molecule has 0 aliphatic carbocycles. The first-order valence-electron chi connectivity index (χ1n) is 1.20. The largest absolute Gasteiger partial charge is 0.248 e. The van der Waals surface area contributed by atoms with Crippen LogP contribution in [0.1, 0.15) is 6.92 Å². The molecular formula is C3H6F.